The maximum absolute atomic E-state index is 11.0. The summed E-state index contributed by atoms with van der Waals surface area (Å²) in [5, 5.41) is 8.42. The highest BCUT2D eigenvalue weighted by molar-refractivity contribution is 7.44. The number of hydrogen-bond donors (Lipinski definition) is 1. The SMILES string of the molecule is C=CCOC(=O)C(=O)CC[PH](=O)CO. The summed E-state index contributed by atoms with van der Waals surface area (Å²) in [6.07, 6.45) is 0.818. The molecule has 0 heterocycles. The third kappa shape index (κ3) is 5.67. The number of rotatable bonds is 7. The monoisotopic (exact) mass is 220 g/mol. The van der Waals surface area contributed by atoms with Crippen molar-refractivity contribution in [2.45, 2.75) is 6.42 Å². The molecule has 0 aromatic carbocycles. The molecule has 6 heteroatoms. The molecular formula is C8H13O5P. The Morgan fingerprint density at radius 1 is 1.50 bits per heavy atom. The zero-order chi connectivity index (χ0) is 11.0. The number of carbonyl (C=O) groups is 2. The van der Waals surface area contributed by atoms with Gasteiger partial charge in [0.1, 0.15) is 14.4 Å². The number of ketones is 1. The van der Waals surface area contributed by atoms with E-state index in [9.17, 15) is 14.2 Å². The van der Waals surface area contributed by atoms with E-state index in [2.05, 4.69) is 11.3 Å². The van der Waals surface area contributed by atoms with Gasteiger partial charge in [0.25, 0.3) is 0 Å². The van der Waals surface area contributed by atoms with E-state index in [1.165, 1.54) is 6.08 Å². The molecule has 0 aliphatic rings. The zero-order valence-electron chi connectivity index (χ0n) is 7.69. The summed E-state index contributed by atoms with van der Waals surface area (Å²) in [7, 11) is -2.12. The molecule has 14 heavy (non-hydrogen) atoms. The Morgan fingerprint density at radius 3 is 2.64 bits per heavy atom. The molecule has 5 nitrogen and oxygen atoms in total. The summed E-state index contributed by atoms with van der Waals surface area (Å²) in [4.78, 5) is 21.8. The van der Waals surface area contributed by atoms with Gasteiger partial charge in [0.2, 0.25) is 5.78 Å². The first kappa shape index (κ1) is 13.1. The summed E-state index contributed by atoms with van der Waals surface area (Å²) >= 11 is 0. The number of carbonyl (C=O) groups excluding carboxylic acids is 2. The van der Waals surface area contributed by atoms with Crippen LogP contribution in [-0.4, -0.2) is 36.0 Å². The minimum Gasteiger partial charge on any atom is -0.456 e. The minimum absolute atomic E-state index is 0.0141. The number of Topliss-reactive ketones (excluding diaryl/α,β-unsaturated/α-hetero) is 1. The molecule has 0 aliphatic heterocycles. The van der Waals surface area contributed by atoms with Crippen molar-refractivity contribution in [1.29, 1.82) is 0 Å². The van der Waals surface area contributed by atoms with Crippen LogP contribution in [0, 0.1) is 0 Å². The quantitative estimate of drug-likeness (QED) is 0.286. The summed E-state index contributed by atoms with van der Waals surface area (Å²) in [6.45, 7) is 3.30. The molecule has 0 bridgehead atoms. The molecule has 80 valence electrons. The van der Waals surface area contributed by atoms with Gasteiger partial charge in [-0.05, 0) is 0 Å². The lowest BCUT2D eigenvalue weighted by Gasteiger charge is -2.00. The fourth-order valence-corrected chi connectivity index (χ4v) is 1.31. The largest absolute Gasteiger partial charge is 0.456 e. The Balaban J connectivity index is 3.78. The van der Waals surface area contributed by atoms with Gasteiger partial charge in [0, 0.05) is 12.6 Å². The van der Waals surface area contributed by atoms with Gasteiger partial charge in [0.05, 0.1) is 6.35 Å². The van der Waals surface area contributed by atoms with Crippen molar-refractivity contribution >= 4 is 19.6 Å². The Kier molecular flexibility index (Phi) is 6.98. The molecule has 0 spiro atoms. The van der Waals surface area contributed by atoms with Crippen LogP contribution in [0.5, 0.6) is 0 Å². The van der Waals surface area contributed by atoms with Gasteiger partial charge in [-0.25, -0.2) is 4.79 Å². The molecule has 0 saturated carbocycles. The van der Waals surface area contributed by atoms with E-state index >= 15 is 0 Å². The van der Waals surface area contributed by atoms with Crippen molar-refractivity contribution in [3.05, 3.63) is 12.7 Å². The standard InChI is InChI=1S/C8H13O5P/c1-2-4-13-8(11)7(10)3-5-14(12)6-9/h2,9,14H,1,3-6H2. The van der Waals surface area contributed by atoms with Crippen molar-refractivity contribution in [2.75, 3.05) is 19.1 Å². The third-order valence-corrected chi connectivity index (χ3v) is 2.53. The van der Waals surface area contributed by atoms with E-state index in [1.807, 2.05) is 0 Å². The van der Waals surface area contributed by atoms with E-state index < -0.39 is 25.9 Å². The van der Waals surface area contributed by atoms with Crippen molar-refractivity contribution in [3.63, 3.8) is 0 Å². The molecule has 0 aromatic heterocycles. The van der Waals surface area contributed by atoms with Crippen LogP contribution in [0.25, 0.3) is 0 Å². The van der Waals surface area contributed by atoms with Crippen LogP contribution in [0.4, 0.5) is 0 Å². The van der Waals surface area contributed by atoms with E-state index in [-0.39, 0.29) is 19.2 Å². The fraction of sp³-hybridized carbons (Fsp3) is 0.500. The number of esters is 1. The highest BCUT2D eigenvalue weighted by Gasteiger charge is 2.15. The van der Waals surface area contributed by atoms with Gasteiger partial charge in [-0.1, -0.05) is 12.7 Å². The van der Waals surface area contributed by atoms with E-state index in [4.69, 9.17) is 5.11 Å². The molecule has 1 atom stereocenters. The van der Waals surface area contributed by atoms with Gasteiger partial charge >= 0.3 is 5.97 Å². The third-order valence-electron chi connectivity index (χ3n) is 1.37. The van der Waals surface area contributed by atoms with Crippen LogP contribution >= 0.6 is 7.80 Å². The second-order valence-electron chi connectivity index (χ2n) is 2.51. The minimum atomic E-state index is -2.12. The van der Waals surface area contributed by atoms with Crippen molar-refractivity contribution in [2.24, 2.45) is 0 Å². The van der Waals surface area contributed by atoms with Gasteiger partial charge in [0.15, 0.2) is 0 Å². The van der Waals surface area contributed by atoms with Crippen molar-refractivity contribution in [3.8, 4) is 0 Å². The highest BCUT2D eigenvalue weighted by Crippen LogP contribution is 2.18. The van der Waals surface area contributed by atoms with E-state index in [0.29, 0.717) is 0 Å². The van der Waals surface area contributed by atoms with Gasteiger partial charge in [-0.3, -0.25) is 4.79 Å². The lowest BCUT2D eigenvalue weighted by atomic mass is 10.3. The van der Waals surface area contributed by atoms with E-state index in [0.717, 1.165) is 0 Å². The van der Waals surface area contributed by atoms with E-state index in [1.54, 1.807) is 0 Å². The molecule has 0 saturated heterocycles. The lowest BCUT2D eigenvalue weighted by molar-refractivity contribution is -0.152. The Bertz CT molecular complexity index is 248. The Hall–Kier alpha value is -0.930. The molecule has 0 amide bonds. The molecule has 0 rings (SSSR count). The van der Waals surface area contributed by atoms with Gasteiger partial charge in [-0.15, -0.1) is 0 Å². The second kappa shape index (κ2) is 7.47. The molecular weight excluding hydrogens is 207 g/mol. The lowest BCUT2D eigenvalue weighted by Crippen LogP contribution is -2.17. The van der Waals surface area contributed by atoms with Crippen LogP contribution in [0.1, 0.15) is 6.42 Å². The van der Waals surface area contributed by atoms with Crippen LogP contribution in [-0.2, 0) is 18.9 Å². The highest BCUT2D eigenvalue weighted by atomic mass is 31.1. The van der Waals surface area contributed by atoms with Crippen molar-refractivity contribution < 1.29 is 24.0 Å². The van der Waals surface area contributed by atoms with Gasteiger partial charge in [-0.2, -0.15) is 0 Å². The zero-order valence-corrected chi connectivity index (χ0v) is 8.69. The number of aliphatic hydroxyl groups is 1. The predicted octanol–water partition coefficient (Wildman–Crippen LogP) is 0.184. The maximum atomic E-state index is 11.0. The second-order valence-corrected chi connectivity index (χ2v) is 4.40. The summed E-state index contributed by atoms with van der Waals surface area (Å²) in [5.41, 5.74) is 0. The Labute approximate surface area is 82.5 Å². The number of aliphatic hydroxyl groups excluding tert-OH is 1. The first-order chi connectivity index (χ1) is 6.61. The molecule has 0 fully saturated rings. The predicted molar refractivity (Wildman–Crippen MR) is 51.7 cm³/mol. The summed E-state index contributed by atoms with van der Waals surface area (Å²) < 4.78 is 15.2. The first-order valence-electron chi connectivity index (χ1n) is 4.05. The smallest absolute Gasteiger partial charge is 0.374 e. The number of ether oxygens (including phenoxy) is 1. The van der Waals surface area contributed by atoms with Crippen LogP contribution < -0.4 is 0 Å². The van der Waals surface area contributed by atoms with Crippen LogP contribution in [0.3, 0.4) is 0 Å². The van der Waals surface area contributed by atoms with Crippen LogP contribution in [0.2, 0.25) is 0 Å². The summed E-state index contributed by atoms with van der Waals surface area (Å²) in [6, 6.07) is 0. The molecule has 1 unspecified atom stereocenters. The first-order valence-corrected chi connectivity index (χ1v) is 5.87. The number of hydrogen-bond acceptors (Lipinski definition) is 5. The molecule has 1 N–H and O–H groups in total. The topological polar surface area (TPSA) is 80.7 Å². The maximum Gasteiger partial charge on any atom is 0.374 e. The fourth-order valence-electron chi connectivity index (χ4n) is 0.649. The molecule has 0 aromatic rings. The van der Waals surface area contributed by atoms with Crippen molar-refractivity contribution in [1.82, 2.24) is 0 Å². The molecule has 0 aliphatic carbocycles. The average Bonchev–Trinajstić information content (AvgIpc) is 2.21. The normalized spacial score (nSPS) is 11.8. The van der Waals surface area contributed by atoms with Crippen LogP contribution in [0.15, 0.2) is 12.7 Å². The molecule has 0 radical (unpaired) electrons. The van der Waals surface area contributed by atoms with Gasteiger partial charge < -0.3 is 14.4 Å². The summed E-state index contributed by atoms with van der Waals surface area (Å²) in [5.74, 6) is -1.67. The Morgan fingerprint density at radius 2 is 2.14 bits per heavy atom. The average molecular weight is 220 g/mol.